The van der Waals surface area contributed by atoms with Crippen molar-refractivity contribution in [3.8, 4) is 11.5 Å². The lowest BCUT2D eigenvalue weighted by Gasteiger charge is -2.09. The summed E-state index contributed by atoms with van der Waals surface area (Å²) < 4.78 is 1.96. The maximum atomic E-state index is 12.8. The van der Waals surface area contributed by atoms with E-state index in [4.69, 9.17) is 4.99 Å². The highest BCUT2D eigenvalue weighted by atomic mass is 35.5. The van der Waals surface area contributed by atoms with E-state index in [2.05, 4.69) is 5.10 Å². The molecule has 0 aliphatic rings. The Morgan fingerprint density at radius 1 is 0.939 bits per heavy atom. The van der Waals surface area contributed by atoms with Crippen LogP contribution in [0.25, 0.3) is 32.6 Å². The number of hydrogen-bond donors (Lipinski definition) is 3. The molecule has 1 heterocycles. The van der Waals surface area contributed by atoms with E-state index in [1.807, 2.05) is 66.1 Å². The van der Waals surface area contributed by atoms with Gasteiger partial charge in [0.25, 0.3) is 0 Å². The highest BCUT2D eigenvalue weighted by molar-refractivity contribution is 6.23. The number of H-pyrrole nitrogens is 1. The molecule has 170 valence electrons. The predicted molar refractivity (Wildman–Crippen MR) is 134 cm³/mol. The number of aromatic hydroxyl groups is 2. The second kappa shape index (κ2) is 8.77. The first-order chi connectivity index (χ1) is 15.5. The third-order valence-corrected chi connectivity index (χ3v) is 5.83. The van der Waals surface area contributed by atoms with Gasteiger partial charge in [0.05, 0.1) is 45.6 Å². The van der Waals surface area contributed by atoms with Crippen LogP contribution in [0, 0.1) is 0 Å². The maximum absolute atomic E-state index is 12.8. The molecular weight excluding hydrogens is 440 g/mol. The van der Waals surface area contributed by atoms with Gasteiger partial charge in [-0.15, -0.1) is 12.4 Å². The van der Waals surface area contributed by atoms with Crippen molar-refractivity contribution in [3.63, 3.8) is 0 Å². The summed E-state index contributed by atoms with van der Waals surface area (Å²) in [4.78, 5) is 19.6. The maximum Gasteiger partial charge on any atom is 0.189 e. The zero-order chi connectivity index (χ0) is 22.4. The average molecular weight is 465 g/mol. The Balaban J connectivity index is 0.00000259. The SMILES string of the molecule is CN(C)CCN=c1ccc2c3c1c(O)c1c(O)ccc(=O)c1c3[nH]n2Cc1ccccc1.Cl. The van der Waals surface area contributed by atoms with Gasteiger partial charge >= 0.3 is 0 Å². The summed E-state index contributed by atoms with van der Waals surface area (Å²) in [5.74, 6) is -0.258. The van der Waals surface area contributed by atoms with E-state index in [0.717, 1.165) is 23.0 Å². The largest absolute Gasteiger partial charge is 0.507 e. The zero-order valence-corrected chi connectivity index (χ0v) is 19.2. The van der Waals surface area contributed by atoms with Gasteiger partial charge in [0.2, 0.25) is 0 Å². The Hall–Kier alpha value is -3.55. The molecule has 0 radical (unpaired) electrons. The standard InChI is InChI=1S/C25H24N4O3.ClH/c1-28(2)13-12-26-16-8-9-17-21-20(16)25(32)23-19(31)11-10-18(30)22(23)24(21)27-29(17)14-15-6-4-3-5-7-15;/h3-11,27,31-32H,12-14H2,1-2H3;1H. The molecule has 5 rings (SSSR count). The molecule has 0 saturated carbocycles. The number of fused-ring (bicyclic) bond motifs is 2. The van der Waals surface area contributed by atoms with E-state index in [0.29, 0.717) is 29.3 Å². The molecule has 8 heteroatoms. The first kappa shape index (κ1) is 22.6. The molecule has 0 aliphatic heterocycles. The number of likely N-dealkylation sites (N-methyl/N-ethyl adjacent to an activating group) is 1. The van der Waals surface area contributed by atoms with Gasteiger partial charge in [0, 0.05) is 11.9 Å². The second-order valence-corrected chi connectivity index (χ2v) is 8.28. The van der Waals surface area contributed by atoms with Crippen molar-refractivity contribution in [3.05, 3.63) is 75.7 Å². The van der Waals surface area contributed by atoms with Crippen LogP contribution in [-0.4, -0.2) is 52.1 Å². The summed E-state index contributed by atoms with van der Waals surface area (Å²) in [6, 6.07) is 16.5. The zero-order valence-electron chi connectivity index (χ0n) is 18.4. The number of hydrogen-bond acceptors (Lipinski definition) is 5. The van der Waals surface area contributed by atoms with Crippen molar-refractivity contribution in [2.75, 3.05) is 27.2 Å². The van der Waals surface area contributed by atoms with E-state index >= 15 is 0 Å². The fourth-order valence-electron chi connectivity index (χ4n) is 4.31. The number of phenolic OH excluding ortho intramolecular Hbond substituents is 2. The second-order valence-electron chi connectivity index (χ2n) is 8.28. The number of phenols is 2. The minimum absolute atomic E-state index is 0. The number of nitrogens with zero attached hydrogens (tertiary/aromatic N) is 3. The smallest absolute Gasteiger partial charge is 0.189 e. The van der Waals surface area contributed by atoms with E-state index in [1.165, 1.54) is 12.1 Å². The van der Waals surface area contributed by atoms with E-state index in [-0.39, 0.29) is 40.1 Å². The third kappa shape index (κ3) is 3.79. The molecular formula is C25H25ClN4O3. The molecule has 33 heavy (non-hydrogen) atoms. The summed E-state index contributed by atoms with van der Waals surface area (Å²) >= 11 is 0. The molecule has 0 spiro atoms. The number of aromatic nitrogens is 2. The Labute approximate surface area is 196 Å². The molecule has 0 bridgehead atoms. The average Bonchev–Trinajstić information content (AvgIpc) is 3.13. The first-order valence-corrected chi connectivity index (χ1v) is 10.5. The number of benzene rings is 4. The minimum atomic E-state index is -0.264. The van der Waals surface area contributed by atoms with E-state index in [9.17, 15) is 15.0 Å². The summed E-state index contributed by atoms with van der Waals surface area (Å²) in [6.07, 6.45) is 0. The highest BCUT2D eigenvalue weighted by Crippen LogP contribution is 2.41. The fourth-order valence-corrected chi connectivity index (χ4v) is 4.31. The molecule has 4 aromatic carbocycles. The predicted octanol–water partition coefficient (Wildman–Crippen LogP) is 3.42. The van der Waals surface area contributed by atoms with Crippen LogP contribution in [0.3, 0.4) is 0 Å². The number of halogens is 1. The number of nitrogens with one attached hydrogen (secondary N) is 1. The first-order valence-electron chi connectivity index (χ1n) is 10.5. The van der Waals surface area contributed by atoms with Crippen LogP contribution in [0.2, 0.25) is 0 Å². The third-order valence-electron chi connectivity index (χ3n) is 5.83. The summed E-state index contributed by atoms with van der Waals surface area (Å²) in [5.41, 5.74) is 2.27. The molecule has 0 fully saturated rings. The Bertz CT molecular complexity index is 1570. The molecule has 0 saturated heterocycles. The monoisotopic (exact) mass is 464 g/mol. The summed E-state index contributed by atoms with van der Waals surface area (Å²) in [5, 5.41) is 27.5. The van der Waals surface area contributed by atoms with Crippen LogP contribution >= 0.6 is 12.4 Å². The fraction of sp³-hybridized carbons (Fsp3) is 0.200. The number of aromatic amines is 1. The lowest BCUT2D eigenvalue weighted by molar-refractivity contribution is 0.419. The quantitative estimate of drug-likeness (QED) is 0.347. The van der Waals surface area contributed by atoms with Crippen LogP contribution in [0.5, 0.6) is 11.5 Å². The van der Waals surface area contributed by atoms with Crippen molar-refractivity contribution in [1.82, 2.24) is 14.7 Å². The number of rotatable bonds is 5. The highest BCUT2D eigenvalue weighted by Gasteiger charge is 2.22. The van der Waals surface area contributed by atoms with Crippen LogP contribution in [0.1, 0.15) is 5.56 Å². The molecule has 7 nitrogen and oxygen atoms in total. The molecule has 0 aliphatic carbocycles. The van der Waals surface area contributed by atoms with Crippen molar-refractivity contribution in [1.29, 1.82) is 0 Å². The van der Waals surface area contributed by atoms with Gasteiger partial charge in [-0.05, 0) is 43.9 Å². The lowest BCUT2D eigenvalue weighted by atomic mass is 9.99. The summed E-state index contributed by atoms with van der Waals surface area (Å²) in [7, 11) is 3.96. The van der Waals surface area contributed by atoms with Gasteiger partial charge in [0.15, 0.2) is 5.43 Å². The van der Waals surface area contributed by atoms with Gasteiger partial charge in [0.1, 0.15) is 11.5 Å². The van der Waals surface area contributed by atoms with Crippen LogP contribution < -0.4 is 10.8 Å². The van der Waals surface area contributed by atoms with Crippen LogP contribution in [-0.2, 0) is 6.54 Å². The minimum Gasteiger partial charge on any atom is -0.507 e. The lowest BCUT2D eigenvalue weighted by Crippen LogP contribution is -2.17. The Morgan fingerprint density at radius 3 is 2.42 bits per heavy atom. The molecule has 0 unspecified atom stereocenters. The molecule has 3 N–H and O–H groups in total. The van der Waals surface area contributed by atoms with Gasteiger partial charge in [-0.1, -0.05) is 30.3 Å². The van der Waals surface area contributed by atoms with Gasteiger partial charge in [-0.2, -0.15) is 0 Å². The van der Waals surface area contributed by atoms with E-state index in [1.54, 1.807) is 0 Å². The summed E-state index contributed by atoms with van der Waals surface area (Å²) in [6.45, 7) is 1.89. The molecule has 0 amide bonds. The normalized spacial score (nSPS) is 12.3. The molecule has 0 atom stereocenters. The van der Waals surface area contributed by atoms with Crippen molar-refractivity contribution in [2.45, 2.75) is 6.54 Å². The van der Waals surface area contributed by atoms with Crippen molar-refractivity contribution >= 4 is 45.0 Å². The van der Waals surface area contributed by atoms with E-state index < -0.39 is 0 Å². The van der Waals surface area contributed by atoms with Gasteiger partial charge < -0.3 is 15.1 Å². The van der Waals surface area contributed by atoms with Crippen molar-refractivity contribution in [2.24, 2.45) is 4.99 Å². The van der Waals surface area contributed by atoms with Crippen molar-refractivity contribution < 1.29 is 10.2 Å². The molecule has 5 aromatic rings. The van der Waals surface area contributed by atoms with Gasteiger partial charge in [-0.25, -0.2) is 0 Å². The Morgan fingerprint density at radius 2 is 1.70 bits per heavy atom. The van der Waals surface area contributed by atoms with Crippen LogP contribution in [0.15, 0.2) is 64.4 Å². The van der Waals surface area contributed by atoms with Gasteiger partial charge in [-0.3, -0.25) is 19.6 Å². The Kier molecular flexibility index (Phi) is 6.01. The topological polar surface area (TPSA) is 93.8 Å². The van der Waals surface area contributed by atoms with Crippen LogP contribution in [0.4, 0.5) is 0 Å². The molecule has 1 aromatic heterocycles.